The lowest BCUT2D eigenvalue weighted by Gasteiger charge is -2.34. The van der Waals surface area contributed by atoms with Crippen molar-refractivity contribution in [2.75, 3.05) is 6.61 Å². The van der Waals surface area contributed by atoms with Gasteiger partial charge in [0.15, 0.2) is 5.54 Å². The van der Waals surface area contributed by atoms with Crippen molar-refractivity contribution in [1.82, 2.24) is 15.0 Å². The Hall–Kier alpha value is -3.48. The Balaban J connectivity index is 1.74. The highest BCUT2D eigenvalue weighted by atomic mass is 16.5. The Morgan fingerprint density at radius 2 is 1.79 bits per heavy atom. The largest absolute Gasteiger partial charge is 0.462 e. The van der Waals surface area contributed by atoms with Crippen LogP contribution in [0.2, 0.25) is 0 Å². The minimum atomic E-state index is -0.799. The third kappa shape index (κ3) is 2.73. The molecule has 0 fully saturated rings. The molecular weight excluding hydrogens is 366 g/mol. The third-order valence-electron chi connectivity index (χ3n) is 5.42. The van der Waals surface area contributed by atoms with Crippen LogP contribution in [0.4, 0.5) is 0 Å². The molecule has 146 valence electrons. The zero-order chi connectivity index (χ0) is 20.2. The Kier molecular flexibility index (Phi) is 3.65. The molecule has 0 aliphatic carbocycles. The average Bonchev–Trinajstić information content (AvgIpc) is 3.10. The van der Waals surface area contributed by atoms with Crippen LogP contribution >= 0.6 is 0 Å². The summed E-state index contributed by atoms with van der Waals surface area (Å²) in [6, 6.07) is 8.22. The first kappa shape index (κ1) is 17.6. The molecule has 4 heterocycles. The van der Waals surface area contributed by atoms with Crippen molar-refractivity contribution in [2.45, 2.75) is 31.7 Å². The van der Waals surface area contributed by atoms with E-state index in [2.05, 4.69) is 41.8 Å². The van der Waals surface area contributed by atoms with Gasteiger partial charge in [-0.2, -0.15) is 0 Å². The Bertz CT molecular complexity index is 1140. The SMILES string of the molecule is CC(C)(C)c1cnc2c(c1)[C@]1(COC(N)=N1)c1cc(-c3cncnc3)ccc1O2. The molecule has 0 unspecified atom stereocenters. The summed E-state index contributed by atoms with van der Waals surface area (Å²) >= 11 is 0. The van der Waals surface area contributed by atoms with Crippen molar-refractivity contribution >= 4 is 6.02 Å². The standard InChI is InChI=1S/C22H21N5O2/c1-21(2,3)15-7-17-19(26-10-15)29-18-5-4-13(14-8-24-12-25-9-14)6-16(18)22(17)11-28-20(23)27-22/h4-10,12H,11H2,1-3H3,(H2,23,27)/t22-/m0/s1. The summed E-state index contributed by atoms with van der Waals surface area (Å²) in [5.41, 5.74) is 9.83. The van der Waals surface area contributed by atoms with E-state index in [0.717, 1.165) is 27.8 Å². The zero-order valence-electron chi connectivity index (χ0n) is 16.5. The summed E-state index contributed by atoms with van der Waals surface area (Å²) in [5, 5.41) is 0. The highest BCUT2D eigenvalue weighted by molar-refractivity contribution is 5.77. The Morgan fingerprint density at radius 1 is 1.00 bits per heavy atom. The van der Waals surface area contributed by atoms with E-state index in [9.17, 15) is 0 Å². The topological polar surface area (TPSA) is 95.5 Å². The Morgan fingerprint density at radius 3 is 2.48 bits per heavy atom. The number of nitrogens with two attached hydrogens (primary N) is 1. The second-order valence-corrected chi connectivity index (χ2v) is 8.37. The van der Waals surface area contributed by atoms with Gasteiger partial charge in [-0.1, -0.05) is 26.8 Å². The van der Waals surface area contributed by atoms with Gasteiger partial charge in [-0.15, -0.1) is 0 Å². The van der Waals surface area contributed by atoms with E-state index >= 15 is 0 Å². The van der Waals surface area contributed by atoms with Crippen LogP contribution in [-0.2, 0) is 15.7 Å². The number of aliphatic imine (C=N–C) groups is 1. The van der Waals surface area contributed by atoms with Crippen LogP contribution in [-0.4, -0.2) is 27.6 Å². The van der Waals surface area contributed by atoms with Crippen LogP contribution in [0.5, 0.6) is 11.6 Å². The fourth-order valence-corrected chi connectivity index (χ4v) is 3.77. The molecule has 0 saturated carbocycles. The van der Waals surface area contributed by atoms with Crippen LogP contribution < -0.4 is 10.5 Å². The number of rotatable bonds is 1. The van der Waals surface area contributed by atoms with Crippen LogP contribution in [0.25, 0.3) is 11.1 Å². The van der Waals surface area contributed by atoms with Crippen molar-refractivity contribution in [3.8, 4) is 22.8 Å². The number of nitrogens with zero attached hydrogens (tertiary/aromatic N) is 4. The molecule has 7 nitrogen and oxygen atoms in total. The molecule has 2 aliphatic heterocycles. The summed E-state index contributed by atoms with van der Waals surface area (Å²) in [7, 11) is 0. The number of pyridine rings is 1. The first-order chi connectivity index (χ1) is 13.9. The van der Waals surface area contributed by atoms with Crippen LogP contribution in [0, 0.1) is 0 Å². The predicted octanol–water partition coefficient (Wildman–Crippen LogP) is 3.53. The average molecular weight is 387 g/mol. The molecular formula is C22H21N5O2. The molecule has 0 bridgehead atoms. The second kappa shape index (κ2) is 6.01. The van der Waals surface area contributed by atoms with E-state index in [1.54, 1.807) is 12.4 Å². The summed E-state index contributed by atoms with van der Waals surface area (Å²) in [4.78, 5) is 17.6. The number of amidine groups is 1. The van der Waals surface area contributed by atoms with Crippen molar-refractivity contribution in [2.24, 2.45) is 10.7 Å². The number of ether oxygens (including phenoxy) is 2. The van der Waals surface area contributed by atoms with Gasteiger partial charge in [0.1, 0.15) is 18.7 Å². The van der Waals surface area contributed by atoms with Crippen LogP contribution in [0.3, 0.4) is 0 Å². The highest BCUT2D eigenvalue weighted by Gasteiger charge is 2.48. The fraction of sp³-hybridized carbons (Fsp3) is 0.273. The lowest BCUT2D eigenvalue weighted by atomic mass is 9.79. The molecule has 2 aromatic heterocycles. The summed E-state index contributed by atoms with van der Waals surface area (Å²) in [6.07, 6.45) is 6.93. The third-order valence-corrected chi connectivity index (χ3v) is 5.42. The normalized spacial score (nSPS) is 19.8. The maximum absolute atomic E-state index is 6.15. The molecule has 1 atom stereocenters. The first-order valence-corrected chi connectivity index (χ1v) is 9.44. The highest BCUT2D eigenvalue weighted by Crippen LogP contribution is 2.51. The molecule has 2 N–H and O–H groups in total. The van der Waals surface area contributed by atoms with Gasteiger partial charge >= 0.3 is 0 Å². The monoisotopic (exact) mass is 387 g/mol. The molecule has 2 aliphatic rings. The van der Waals surface area contributed by atoms with Crippen LogP contribution in [0.1, 0.15) is 37.5 Å². The minimum Gasteiger partial charge on any atom is -0.462 e. The van der Waals surface area contributed by atoms with Gasteiger partial charge in [0.05, 0.1) is 5.56 Å². The smallest absolute Gasteiger partial charge is 0.283 e. The maximum atomic E-state index is 6.15. The van der Waals surface area contributed by atoms with Gasteiger partial charge in [-0.05, 0) is 34.7 Å². The molecule has 3 aromatic rings. The van der Waals surface area contributed by atoms with E-state index in [1.165, 1.54) is 6.33 Å². The van der Waals surface area contributed by atoms with E-state index in [-0.39, 0.29) is 11.4 Å². The summed E-state index contributed by atoms with van der Waals surface area (Å²) < 4.78 is 11.8. The van der Waals surface area contributed by atoms with Gasteiger partial charge in [0.2, 0.25) is 5.88 Å². The maximum Gasteiger partial charge on any atom is 0.283 e. The van der Waals surface area contributed by atoms with Gasteiger partial charge in [0, 0.05) is 29.7 Å². The van der Waals surface area contributed by atoms with Crippen molar-refractivity contribution in [3.05, 3.63) is 65.9 Å². The Labute approximate surface area is 168 Å². The molecule has 1 aromatic carbocycles. The number of hydrogen-bond acceptors (Lipinski definition) is 7. The molecule has 1 spiro atoms. The van der Waals surface area contributed by atoms with Gasteiger partial charge in [-0.25, -0.2) is 19.9 Å². The molecule has 5 rings (SSSR count). The fourth-order valence-electron chi connectivity index (χ4n) is 3.77. The van der Waals surface area contributed by atoms with E-state index in [0.29, 0.717) is 18.2 Å². The predicted molar refractivity (Wildman–Crippen MR) is 109 cm³/mol. The number of hydrogen-bond donors (Lipinski definition) is 1. The van der Waals surface area contributed by atoms with Crippen molar-refractivity contribution in [3.63, 3.8) is 0 Å². The van der Waals surface area contributed by atoms with Crippen LogP contribution in [0.15, 0.2) is 54.2 Å². The molecule has 29 heavy (non-hydrogen) atoms. The molecule has 0 amide bonds. The van der Waals surface area contributed by atoms with E-state index in [4.69, 9.17) is 20.2 Å². The molecule has 0 saturated heterocycles. The molecule has 7 heteroatoms. The van der Waals surface area contributed by atoms with Gasteiger partial charge in [0.25, 0.3) is 6.02 Å². The van der Waals surface area contributed by atoms with Crippen molar-refractivity contribution < 1.29 is 9.47 Å². The van der Waals surface area contributed by atoms with Crippen molar-refractivity contribution in [1.29, 1.82) is 0 Å². The lowest BCUT2D eigenvalue weighted by molar-refractivity contribution is 0.262. The lowest BCUT2D eigenvalue weighted by Crippen LogP contribution is -2.32. The van der Waals surface area contributed by atoms with Gasteiger partial charge in [-0.3, -0.25) is 0 Å². The number of benzene rings is 1. The number of aromatic nitrogens is 3. The molecule has 0 radical (unpaired) electrons. The number of fused-ring (bicyclic) bond motifs is 4. The zero-order valence-corrected chi connectivity index (χ0v) is 16.5. The summed E-state index contributed by atoms with van der Waals surface area (Å²) in [5.74, 6) is 1.22. The summed E-state index contributed by atoms with van der Waals surface area (Å²) in [6.45, 7) is 6.75. The first-order valence-electron chi connectivity index (χ1n) is 9.44. The van der Waals surface area contributed by atoms with Gasteiger partial charge < -0.3 is 15.2 Å². The quantitative estimate of drug-likeness (QED) is 0.686. The second-order valence-electron chi connectivity index (χ2n) is 8.37. The van der Waals surface area contributed by atoms with E-state index in [1.807, 2.05) is 24.4 Å². The minimum absolute atomic E-state index is 0.0680. The van der Waals surface area contributed by atoms with E-state index < -0.39 is 5.54 Å².